The molecule has 0 radical (unpaired) electrons. The van der Waals surface area contributed by atoms with Gasteiger partial charge >= 0.3 is 0 Å². The van der Waals surface area contributed by atoms with Crippen molar-refractivity contribution in [1.82, 2.24) is 5.32 Å². The minimum atomic E-state index is 0.741. The molecule has 0 aromatic heterocycles. The highest BCUT2D eigenvalue weighted by atomic mass is 14.9. The minimum Gasteiger partial charge on any atom is -0.314 e. The zero-order valence-corrected chi connectivity index (χ0v) is 8.68. The predicted molar refractivity (Wildman–Crippen MR) is 57.5 cm³/mol. The fourth-order valence-corrected chi connectivity index (χ4v) is 1.65. The summed E-state index contributed by atoms with van der Waals surface area (Å²) in [6.45, 7) is 3.36. The summed E-state index contributed by atoms with van der Waals surface area (Å²) >= 11 is 0. The van der Waals surface area contributed by atoms with Crippen molar-refractivity contribution in [2.45, 2.75) is 51.5 Å². The van der Waals surface area contributed by atoms with Gasteiger partial charge in [0.15, 0.2) is 0 Å². The summed E-state index contributed by atoms with van der Waals surface area (Å²) in [7, 11) is 0. The van der Waals surface area contributed by atoms with E-state index in [9.17, 15) is 0 Å². The number of unbranched alkanes of at least 4 members (excludes halogenated alkanes) is 1. The van der Waals surface area contributed by atoms with Gasteiger partial charge in [-0.1, -0.05) is 19.8 Å². The van der Waals surface area contributed by atoms with Gasteiger partial charge in [-0.05, 0) is 31.7 Å². The molecule has 1 fully saturated rings. The molecule has 0 saturated heterocycles. The Bertz CT molecular complexity index is 164. The van der Waals surface area contributed by atoms with Gasteiger partial charge in [-0.25, -0.2) is 0 Å². The van der Waals surface area contributed by atoms with E-state index in [-0.39, 0.29) is 0 Å². The molecule has 13 heavy (non-hydrogen) atoms. The van der Waals surface area contributed by atoms with Crippen molar-refractivity contribution >= 4 is 0 Å². The van der Waals surface area contributed by atoms with E-state index in [1.54, 1.807) is 0 Å². The lowest BCUT2D eigenvalue weighted by atomic mass is 10.1. The Morgan fingerprint density at radius 1 is 1.54 bits per heavy atom. The van der Waals surface area contributed by atoms with Crippen molar-refractivity contribution in [3.05, 3.63) is 0 Å². The van der Waals surface area contributed by atoms with E-state index in [4.69, 9.17) is 6.42 Å². The van der Waals surface area contributed by atoms with Crippen molar-refractivity contribution < 1.29 is 0 Å². The Balaban J connectivity index is 1.98. The number of hydrogen-bond donors (Lipinski definition) is 1. The van der Waals surface area contributed by atoms with Gasteiger partial charge in [-0.3, -0.25) is 0 Å². The van der Waals surface area contributed by atoms with Crippen LogP contribution in [0.15, 0.2) is 0 Å². The molecule has 1 saturated carbocycles. The predicted octanol–water partition coefficient (Wildman–Crippen LogP) is 2.57. The van der Waals surface area contributed by atoms with Crippen molar-refractivity contribution in [2.75, 3.05) is 6.54 Å². The first-order valence-corrected chi connectivity index (χ1v) is 5.53. The average molecular weight is 179 g/mol. The summed E-state index contributed by atoms with van der Waals surface area (Å²) in [5.74, 6) is 3.71. The maximum atomic E-state index is 5.19. The van der Waals surface area contributed by atoms with Crippen LogP contribution in [0.4, 0.5) is 0 Å². The molecule has 1 aliphatic rings. The Labute approximate surface area is 82.3 Å². The summed E-state index contributed by atoms with van der Waals surface area (Å²) in [4.78, 5) is 0. The van der Waals surface area contributed by atoms with E-state index >= 15 is 0 Å². The molecule has 1 nitrogen and oxygen atoms in total. The number of rotatable bonds is 7. The van der Waals surface area contributed by atoms with Crippen LogP contribution >= 0.6 is 0 Å². The minimum absolute atomic E-state index is 0.741. The smallest absolute Gasteiger partial charge is 0.00981 e. The van der Waals surface area contributed by atoms with Crippen LogP contribution in [0.3, 0.4) is 0 Å². The fourth-order valence-electron chi connectivity index (χ4n) is 1.65. The maximum absolute atomic E-state index is 5.19. The Morgan fingerprint density at radius 3 is 2.85 bits per heavy atom. The van der Waals surface area contributed by atoms with Crippen molar-refractivity contribution in [2.24, 2.45) is 5.92 Å². The van der Waals surface area contributed by atoms with E-state index in [0.717, 1.165) is 31.3 Å². The highest BCUT2D eigenvalue weighted by Gasteiger charge is 2.24. The molecule has 1 rings (SSSR count). The SMILES string of the molecule is C#CCCCNC(CC)CC1CC1. The lowest BCUT2D eigenvalue weighted by Gasteiger charge is -2.15. The van der Waals surface area contributed by atoms with Crippen LogP contribution in [0.25, 0.3) is 0 Å². The number of hydrogen-bond acceptors (Lipinski definition) is 1. The summed E-state index contributed by atoms with van der Waals surface area (Å²) < 4.78 is 0. The van der Waals surface area contributed by atoms with Gasteiger partial charge in [0.1, 0.15) is 0 Å². The molecule has 0 aromatic rings. The monoisotopic (exact) mass is 179 g/mol. The van der Waals surface area contributed by atoms with Gasteiger partial charge in [-0.15, -0.1) is 12.3 Å². The van der Waals surface area contributed by atoms with Gasteiger partial charge in [0.25, 0.3) is 0 Å². The zero-order chi connectivity index (χ0) is 9.52. The molecule has 0 heterocycles. The lowest BCUT2D eigenvalue weighted by Crippen LogP contribution is -2.29. The normalized spacial score (nSPS) is 18.2. The third-order valence-corrected chi connectivity index (χ3v) is 2.74. The van der Waals surface area contributed by atoms with Gasteiger partial charge in [0, 0.05) is 12.5 Å². The van der Waals surface area contributed by atoms with Gasteiger partial charge in [0.2, 0.25) is 0 Å². The van der Waals surface area contributed by atoms with Gasteiger partial charge in [-0.2, -0.15) is 0 Å². The molecule has 0 aliphatic heterocycles. The standard InChI is InChI=1S/C12H21N/c1-3-5-6-9-13-12(4-2)10-11-7-8-11/h1,11-13H,4-10H2,2H3. The maximum Gasteiger partial charge on any atom is 0.00981 e. The average Bonchev–Trinajstić information content (AvgIpc) is 2.94. The lowest BCUT2D eigenvalue weighted by molar-refractivity contribution is 0.444. The van der Waals surface area contributed by atoms with E-state index in [2.05, 4.69) is 18.2 Å². The molecule has 0 spiro atoms. The Hall–Kier alpha value is -0.480. The van der Waals surface area contributed by atoms with E-state index in [1.165, 1.54) is 25.7 Å². The number of nitrogens with one attached hydrogen (secondary N) is 1. The molecule has 1 atom stereocenters. The third-order valence-electron chi connectivity index (χ3n) is 2.74. The fraction of sp³-hybridized carbons (Fsp3) is 0.833. The quantitative estimate of drug-likeness (QED) is 0.468. The highest BCUT2D eigenvalue weighted by molar-refractivity contribution is 4.84. The molecule has 74 valence electrons. The molecule has 1 heteroatoms. The second kappa shape index (κ2) is 6.05. The Morgan fingerprint density at radius 2 is 2.31 bits per heavy atom. The van der Waals surface area contributed by atoms with Crippen LogP contribution in [0.2, 0.25) is 0 Å². The number of terminal acetylenes is 1. The molecule has 1 unspecified atom stereocenters. The molecule has 1 aliphatic carbocycles. The summed E-state index contributed by atoms with van der Waals surface area (Å²) in [6, 6.07) is 0.741. The van der Waals surface area contributed by atoms with E-state index in [0.29, 0.717) is 0 Å². The zero-order valence-electron chi connectivity index (χ0n) is 8.68. The molecule has 1 N–H and O–H groups in total. The van der Waals surface area contributed by atoms with Crippen LogP contribution in [-0.2, 0) is 0 Å². The topological polar surface area (TPSA) is 12.0 Å². The van der Waals surface area contributed by atoms with Gasteiger partial charge < -0.3 is 5.32 Å². The van der Waals surface area contributed by atoms with Crippen molar-refractivity contribution in [3.63, 3.8) is 0 Å². The summed E-state index contributed by atoms with van der Waals surface area (Å²) in [6.07, 6.45) is 12.8. The van der Waals surface area contributed by atoms with Crippen molar-refractivity contribution in [3.8, 4) is 12.3 Å². The molecular weight excluding hydrogens is 158 g/mol. The second-order valence-corrected chi connectivity index (χ2v) is 4.05. The largest absolute Gasteiger partial charge is 0.314 e. The van der Waals surface area contributed by atoms with Crippen LogP contribution in [0.5, 0.6) is 0 Å². The first-order chi connectivity index (χ1) is 6.36. The molecule has 0 aromatic carbocycles. The second-order valence-electron chi connectivity index (χ2n) is 4.05. The first-order valence-electron chi connectivity index (χ1n) is 5.53. The molecule has 0 amide bonds. The van der Waals surface area contributed by atoms with Crippen LogP contribution in [0.1, 0.15) is 45.4 Å². The summed E-state index contributed by atoms with van der Waals surface area (Å²) in [5.41, 5.74) is 0. The van der Waals surface area contributed by atoms with E-state index < -0.39 is 0 Å². The highest BCUT2D eigenvalue weighted by Crippen LogP contribution is 2.33. The first kappa shape index (κ1) is 10.6. The summed E-state index contributed by atoms with van der Waals surface area (Å²) in [5, 5.41) is 3.58. The Kier molecular flexibility index (Phi) is 4.93. The van der Waals surface area contributed by atoms with Gasteiger partial charge in [0.05, 0.1) is 0 Å². The van der Waals surface area contributed by atoms with E-state index in [1.807, 2.05) is 0 Å². The molecular formula is C12H21N. The van der Waals surface area contributed by atoms with Crippen LogP contribution in [-0.4, -0.2) is 12.6 Å². The molecule has 0 bridgehead atoms. The van der Waals surface area contributed by atoms with Crippen LogP contribution < -0.4 is 5.32 Å². The third kappa shape index (κ3) is 4.95. The van der Waals surface area contributed by atoms with Crippen molar-refractivity contribution in [1.29, 1.82) is 0 Å². The van der Waals surface area contributed by atoms with Crippen LogP contribution in [0, 0.1) is 18.3 Å².